The minimum Gasteiger partial charge on any atom is -0.494 e. The number of Topliss-reactive ketones (excluding diaryl/α,β-unsaturated/α-hetero) is 1. The van der Waals surface area contributed by atoms with Gasteiger partial charge in [0.15, 0.2) is 5.78 Å². The van der Waals surface area contributed by atoms with Crippen molar-refractivity contribution in [3.8, 4) is 11.5 Å². The van der Waals surface area contributed by atoms with Crippen LogP contribution in [0.25, 0.3) is 0 Å². The fourth-order valence-corrected chi connectivity index (χ4v) is 3.36. The van der Waals surface area contributed by atoms with Crippen molar-refractivity contribution in [3.05, 3.63) is 54.1 Å². The maximum atomic E-state index is 12.9. The van der Waals surface area contributed by atoms with E-state index in [0.29, 0.717) is 12.2 Å². The zero-order chi connectivity index (χ0) is 21.3. The Bertz CT molecular complexity index is 852. The highest BCUT2D eigenvalue weighted by Crippen LogP contribution is 2.24. The second kappa shape index (κ2) is 10.7. The number of amidine groups is 1. The molecule has 1 aliphatic heterocycles. The smallest absolute Gasteiger partial charge is 0.387 e. The number of benzene rings is 2. The first-order chi connectivity index (χ1) is 14.6. The lowest BCUT2D eigenvalue weighted by atomic mass is 10.1. The third-order valence-electron chi connectivity index (χ3n) is 4.83. The molecule has 0 N–H and O–H groups in total. The van der Waals surface area contributed by atoms with Crippen LogP contribution in [0.1, 0.15) is 43.0 Å². The Morgan fingerprint density at radius 2 is 1.73 bits per heavy atom. The summed E-state index contributed by atoms with van der Waals surface area (Å²) in [7, 11) is 0. The predicted octanol–water partition coefficient (Wildman–Crippen LogP) is 5.35. The standard InChI is InChI=1S/C23H26F2N2O3/c1-2-29-19-13-9-18(10-14-19)27(22-6-4-3-5-15-26-22)16-21(28)17-7-11-20(12-8-17)30-23(24)25/h7-14,23H,2-6,15-16H2,1H3. The summed E-state index contributed by atoms with van der Waals surface area (Å²) < 4.78 is 34.5. The zero-order valence-corrected chi connectivity index (χ0v) is 17.0. The van der Waals surface area contributed by atoms with E-state index in [-0.39, 0.29) is 18.1 Å². The normalized spacial score (nSPS) is 14.1. The molecule has 0 amide bonds. The van der Waals surface area contributed by atoms with Gasteiger partial charge in [-0.1, -0.05) is 6.42 Å². The van der Waals surface area contributed by atoms with E-state index in [4.69, 9.17) is 9.73 Å². The number of alkyl halides is 2. The minimum atomic E-state index is -2.89. The Morgan fingerprint density at radius 3 is 2.40 bits per heavy atom. The Kier molecular flexibility index (Phi) is 7.76. The van der Waals surface area contributed by atoms with Crippen LogP contribution >= 0.6 is 0 Å². The number of carbonyl (C=O) groups excluding carboxylic acids is 1. The molecule has 1 heterocycles. The third kappa shape index (κ3) is 6.02. The second-order valence-corrected chi connectivity index (χ2v) is 6.95. The summed E-state index contributed by atoms with van der Waals surface area (Å²) in [5, 5.41) is 0. The number of ketones is 1. The van der Waals surface area contributed by atoms with Crippen molar-refractivity contribution in [2.24, 2.45) is 4.99 Å². The van der Waals surface area contributed by atoms with Gasteiger partial charge in [0, 0.05) is 24.2 Å². The Hall–Kier alpha value is -2.96. The van der Waals surface area contributed by atoms with Crippen LogP contribution in [-0.4, -0.2) is 37.9 Å². The fourth-order valence-electron chi connectivity index (χ4n) is 3.36. The van der Waals surface area contributed by atoms with Gasteiger partial charge >= 0.3 is 6.61 Å². The summed E-state index contributed by atoms with van der Waals surface area (Å²) in [6.07, 6.45) is 3.99. The van der Waals surface area contributed by atoms with Crippen molar-refractivity contribution < 1.29 is 23.0 Å². The minimum absolute atomic E-state index is 0.0260. The summed E-state index contributed by atoms with van der Waals surface area (Å²) in [5.41, 5.74) is 1.30. The number of hydrogen-bond donors (Lipinski definition) is 0. The molecule has 0 bridgehead atoms. The number of anilines is 1. The molecule has 160 valence electrons. The monoisotopic (exact) mass is 416 g/mol. The van der Waals surface area contributed by atoms with Gasteiger partial charge in [0.1, 0.15) is 17.3 Å². The molecule has 3 rings (SSSR count). The van der Waals surface area contributed by atoms with Crippen molar-refractivity contribution in [1.29, 1.82) is 0 Å². The van der Waals surface area contributed by atoms with Gasteiger partial charge in [-0.3, -0.25) is 9.79 Å². The van der Waals surface area contributed by atoms with Gasteiger partial charge in [-0.15, -0.1) is 0 Å². The molecule has 2 aromatic carbocycles. The van der Waals surface area contributed by atoms with E-state index in [1.807, 2.05) is 36.1 Å². The number of hydrogen-bond acceptors (Lipinski definition) is 5. The van der Waals surface area contributed by atoms with Crippen molar-refractivity contribution in [2.75, 3.05) is 24.6 Å². The molecule has 0 atom stereocenters. The van der Waals surface area contributed by atoms with E-state index >= 15 is 0 Å². The Labute approximate surface area is 175 Å². The molecule has 0 saturated heterocycles. The molecule has 0 unspecified atom stereocenters. The van der Waals surface area contributed by atoms with E-state index in [1.54, 1.807) is 0 Å². The van der Waals surface area contributed by atoms with Crippen LogP contribution in [-0.2, 0) is 0 Å². The van der Waals surface area contributed by atoms with Crippen LogP contribution in [0.2, 0.25) is 0 Å². The van der Waals surface area contributed by atoms with Crippen LogP contribution < -0.4 is 14.4 Å². The van der Waals surface area contributed by atoms with Crippen LogP contribution in [0.15, 0.2) is 53.5 Å². The van der Waals surface area contributed by atoms with Gasteiger partial charge in [0.05, 0.1) is 13.2 Å². The zero-order valence-electron chi connectivity index (χ0n) is 17.0. The highest BCUT2D eigenvalue weighted by atomic mass is 19.3. The molecule has 30 heavy (non-hydrogen) atoms. The topological polar surface area (TPSA) is 51.1 Å². The first-order valence-electron chi connectivity index (χ1n) is 10.2. The van der Waals surface area contributed by atoms with Crippen LogP contribution in [0.3, 0.4) is 0 Å². The lowest BCUT2D eigenvalue weighted by Gasteiger charge is -2.26. The summed E-state index contributed by atoms with van der Waals surface area (Å²) in [4.78, 5) is 19.6. The molecule has 0 spiro atoms. The van der Waals surface area contributed by atoms with E-state index in [1.165, 1.54) is 24.3 Å². The van der Waals surface area contributed by atoms with Gasteiger partial charge in [0.2, 0.25) is 0 Å². The Morgan fingerprint density at radius 1 is 1.03 bits per heavy atom. The van der Waals surface area contributed by atoms with E-state index < -0.39 is 6.61 Å². The molecule has 0 radical (unpaired) electrons. The van der Waals surface area contributed by atoms with Gasteiger partial charge in [0.25, 0.3) is 0 Å². The lowest BCUT2D eigenvalue weighted by Crippen LogP contribution is -2.36. The average Bonchev–Trinajstić information content (AvgIpc) is 3.02. The fraction of sp³-hybridized carbons (Fsp3) is 0.391. The lowest BCUT2D eigenvalue weighted by molar-refractivity contribution is -0.0498. The Balaban J connectivity index is 1.81. The highest BCUT2D eigenvalue weighted by molar-refractivity contribution is 6.07. The first-order valence-corrected chi connectivity index (χ1v) is 10.2. The summed E-state index contributed by atoms with van der Waals surface area (Å²) in [5.74, 6) is 1.56. The molecule has 7 heteroatoms. The van der Waals surface area contributed by atoms with Crippen molar-refractivity contribution in [3.63, 3.8) is 0 Å². The van der Waals surface area contributed by atoms with Crippen LogP contribution in [0.5, 0.6) is 11.5 Å². The van der Waals surface area contributed by atoms with Crippen molar-refractivity contribution in [1.82, 2.24) is 0 Å². The molecule has 0 aromatic heterocycles. The van der Waals surface area contributed by atoms with Gasteiger partial charge < -0.3 is 14.4 Å². The maximum Gasteiger partial charge on any atom is 0.387 e. The first kappa shape index (κ1) is 21.7. The third-order valence-corrected chi connectivity index (χ3v) is 4.83. The van der Waals surface area contributed by atoms with Crippen molar-refractivity contribution in [2.45, 2.75) is 39.2 Å². The maximum absolute atomic E-state index is 12.9. The molecular formula is C23H26F2N2O3. The quantitative estimate of drug-likeness (QED) is 0.545. The second-order valence-electron chi connectivity index (χ2n) is 6.95. The highest BCUT2D eigenvalue weighted by Gasteiger charge is 2.20. The molecule has 0 aliphatic carbocycles. The number of aliphatic imine (C=N–C) groups is 1. The average molecular weight is 416 g/mol. The molecular weight excluding hydrogens is 390 g/mol. The number of rotatable bonds is 8. The summed E-state index contributed by atoms with van der Waals surface area (Å²) >= 11 is 0. The summed E-state index contributed by atoms with van der Waals surface area (Å²) in [6.45, 7) is 0.476. The predicted molar refractivity (Wildman–Crippen MR) is 113 cm³/mol. The molecule has 1 aliphatic rings. The van der Waals surface area contributed by atoms with Crippen LogP contribution in [0.4, 0.5) is 14.5 Å². The van der Waals surface area contributed by atoms with Gasteiger partial charge in [-0.2, -0.15) is 8.78 Å². The van der Waals surface area contributed by atoms with Gasteiger partial charge in [-0.05, 0) is 68.3 Å². The van der Waals surface area contributed by atoms with E-state index in [9.17, 15) is 13.6 Å². The summed E-state index contributed by atoms with van der Waals surface area (Å²) in [6, 6.07) is 13.4. The number of ether oxygens (including phenoxy) is 2. The molecule has 0 fully saturated rings. The van der Waals surface area contributed by atoms with Crippen LogP contribution in [0, 0.1) is 0 Å². The molecule has 2 aromatic rings. The van der Waals surface area contributed by atoms with E-state index in [2.05, 4.69) is 4.74 Å². The number of halogens is 2. The number of carbonyl (C=O) groups is 1. The molecule has 5 nitrogen and oxygen atoms in total. The SMILES string of the molecule is CCOc1ccc(N(CC(=O)c2ccc(OC(F)F)cc2)C2=NCCCCC2)cc1. The van der Waals surface area contributed by atoms with Crippen molar-refractivity contribution >= 4 is 17.3 Å². The molecule has 0 saturated carbocycles. The number of nitrogens with zero attached hydrogens (tertiary/aromatic N) is 2. The van der Waals surface area contributed by atoms with E-state index in [0.717, 1.165) is 49.5 Å². The van der Waals surface area contributed by atoms with Gasteiger partial charge in [-0.25, -0.2) is 0 Å². The largest absolute Gasteiger partial charge is 0.494 e.